The summed E-state index contributed by atoms with van der Waals surface area (Å²) < 4.78 is 17.3. The minimum Gasteiger partial charge on any atom is -0.496 e. The van der Waals surface area contributed by atoms with E-state index in [0.717, 1.165) is 27.6 Å². The van der Waals surface area contributed by atoms with E-state index < -0.39 is 5.97 Å². The number of hydrogen-bond donors (Lipinski definition) is 2. The SMILES string of the molecule is COc1cc2occ(COc3ccccc3CC(=O)O)c2cc1-c1cccc(CN)c1. The molecule has 158 valence electrons. The monoisotopic (exact) mass is 417 g/mol. The molecule has 0 atom stereocenters. The minimum absolute atomic E-state index is 0.0961. The normalized spacial score (nSPS) is 10.9. The summed E-state index contributed by atoms with van der Waals surface area (Å²) in [7, 11) is 1.63. The highest BCUT2D eigenvalue weighted by Gasteiger charge is 2.15. The Bertz CT molecular complexity index is 1230. The molecular weight excluding hydrogens is 394 g/mol. The van der Waals surface area contributed by atoms with Crippen LogP contribution >= 0.6 is 0 Å². The van der Waals surface area contributed by atoms with E-state index in [1.807, 2.05) is 42.5 Å². The third kappa shape index (κ3) is 4.39. The maximum Gasteiger partial charge on any atom is 0.307 e. The van der Waals surface area contributed by atoms with Crippen molar-refractivity contribution >= 4 is 16.9 Å². The molecule has 6 nitrogen and oxygen atoms in total. The highest BCUT2D eigenvalue weighted by atomic mass is 16.5. The zero-order chi connectivity index (χ0) is 21.8. The van der Waals surface area contributed by atoms with Gasteiger partial charge in [-0.25, -0.2) is 0 Å². The minimum atomic E-state index is -0.902. The van der Waals surface area contributed by atoms with Gasteiger partial charge in [-0.05, 0) is 29.3 Å². The maximum absolute atomic E-state index is 11.1. The van der Waals surface area contributed by atoms with E-state index in [9.17, 15) is 4.79 Å². The van der Waals surface area contributed by atoms with Crippen LogP contribution < -0.4 is 15.2 Å². The Labute approximate surface area is 179 Å². The molecule has 6 heteroatoms. The number of nitrogens with two attached hydrogens (primary N) is 1. The molecule has 0 spiro atoms. The number of benzene rings is 3. The summed E-state index contributed by atoms with van der Waals surface area (Å²) >= 11 is 0. The van der Waals surface area contributed by atoms with Crippen molar-refractivity contribution in [2.75, 3.05) is 7.11 Å². The molecule has 0 fully saturated rings. The Balaban J connectivity index is 1.68. The Morgan fingerprint density at radius 3 is 2.65 bits per heavy atom. The fraction of sp³-hybridized carbons (Fsp3) is 0.160. The highest BCUT2D eigenvalue weighted by molar-refractivity contribution is 5.90. The molecule has 0 amide bonds. The molecule has 31 heavy (non-hydrogen) atoms. The van der Waals surface area contributed by atoms with E-state index in [2.05, 4.69) is 0 Å². The van der Waals surface area contributed by atoms with E-state index in [4.69, 9.17) is 24.7 Å². The van der Waals surface area contributed by atoms with Gasteiger partial charge in [0.15, 0.2) is 0 Å². The van der Waals surface area contributed by atoms with Crippen LogP contribution in [0.5, 0.6) is 11.5 Å². The van der Waals surface area contributed by atoms with Gasteiger partial charge in [-0.1, -0.05) is 36.4 Å². The molecular formula is C25H23NO5. The first-order chi connectivity index (χ1) is 15.1. The second kappa shape index (κ2) is 8.93. The average molecular weight is 417 g/mol. The van der Waals surface area contributed by atoms with Gasteiger partial charge in [-0.15, -0.1) is 0 Å². The van der Waals surface area contributed by atoms with Crippen molar-refractivity contribution in [3.05, 3.63) is 83.6 Å². The van der Waals surface area contributed by atoms with Crippen LogP contribution in [0.1, 0.15) is 16.7 Å². The summed E-state index contributed by atoms with van der Waals surface area (Å²) in [5, 5.41) is 10.0. The quantitative estimate of drug-likeness (QED) is 0.429. The lowest BCUT2D eigenvalue weighted by Crippen LogP contribution is -2.04. The molecule has 0 aliphatic rings. The van der Waals surface area contributed by atoms with Crippen LogP contribution in [-0.2, 0) is 24.4 Å². The van der Waals surface area contributed by atoms with Crippen LogP contribution in [0.25, 0.3) is 22.1 Å². The second-order valence-corrected chi connectivity index (χ2v) is 7.18. The topological polar surface area (TPSA) is 94.9 Å². The predicted octanol–water partition coefficient (Wildman–Crippen LogP) is 4.77. The van der Waals surface area contributed by atoms with Crippen molar-refractivity contribution in [1.82, 2.24) is 0 Å². The van der Waals surface area contributed by atoms with Crippen molar-refractivity contribution in [3.63, 3.8) is 0 Å². The summed E-state index contributed by atoms with van der Waals surface area (Å²) in [4.78, 5) is 11.1. The molecule has 0 bridgehead atoms. The summed E-state index contributed by atoms with van der Waals surface area (Å²) in [5.41, 5.74) is 10.9. The van der Waals surface area contributed by atoms with E-state index in [0.29, 0.717) is 29.2 Å². The van der Waals surface area contributed by atoms with Crippen molar-refractivity contribution in [2.24, 2.45) is 5.73 Å². The van der Waals surface area contributed by atoms with Crippen LogP contribution in [0.15, 0.2) is 71.3 Å². The van der Waals surface area contributed by atoms with Crippen molar-refractivity contribution < 1.29 is 23.8 Å². The van der Waals surface area contributed by atoms with Gasteiger partial charge in [-0.3, -0.25) is 4.79 Å². The molecule has 0 aliphatic heterocycles. The smallest absolute Gasteiger partial charge is 0.307 e. The van der Waals surface area contributed by atoms with Gasteiger partial charge in [0.2, 0.25) is 0 Å². The summed E-state index contributed by atoms with van der Waals surface area (Å²) in [5.74, 6) is 0.347. The van der Waals surface area contributed by atoms with Gasteiger partial charge in [0.05, 0.1) is 19.8 Å². The van der Waals surface area contributed by atoms with E-state index in [1.54, 1.807) is 31.6 Å². The number of carboxylic acid groups (broad SMARTS) is 1. The second-order valence-electron chi connectivity index (χ2n) is 7.18. The lowest BCUT2D eigenvalue weighted by molar-refractivity contribution is -0.136. The van der Waals surface area contributed by atoms with Gasteiger partial charge in [0.25, 0.3) is 0 Å². The van der Waals surface area contributed by atoms with E-state index in [1.165, 1.54) is 0 Å². The van der Waals surface area contributed by atoms with Gasteiger partial charge in [-0.2, -0.15) is 0 Å². The third-order valence-corrected chi connectivity index (χ3v) is 5.15. The first-order valence-electron chi connectivity index (χ1n) is 9.89. The van der Waals surface area contributed by atoms with Crippen LogP contribution in [0, 0.1) is 0 Å². The van der Waals surface area contributed by atoms with Gasteiger partial charge in [0.1, 0.15) is 23.7 Å². The maximum atomic E-state index is 11.1. The number of aliphatic carboxylic acids is 1. The number of hydrogen-bond acceptors (Lipinski definition) is 5. The number of para-hydroxylation sites is 1. The van der Waals surface area contributed by atoms with Crippen LogP contribution in [0.4, 0.5) is 0 Å². The van der Waals surface area contributed by atoms with Gasteiger partial charge < -0.3 is 24.7 Å². The van der Waals surface area contributed by atoms with E-state index >= 15 is 0 Å². The molecule has 1 heterocycles. The molecule has 3 N–H and O–H groups in total. The molecule has 3 aromatic carbocycles. The summed E-state index contributed by atoms with van der Waals surface area (Å²) in [6, 6.07) is 19.0. The van der Waals surface area contributed by atoms with Crippen LogP contribution in [-0.4, -0.2) is 18.2 Å². The Morgan fingerprint density at radius 1 is 1.03 bits per heavy atom. The number of carbonyl (C=O) groups is 1. The fourth-order valence-corrected chi connectivity index (χ4v) is 3.59. The molecule has 0 saturated carbocycles. The number of fused-ring (bicyclic) bond motifs is 1. The third-order valence-electron chi connectivity index (χ3n) is 5.15. The zero-order valence-electron chi connectivity index (χ0n) is 17.1. The molecule has 0 saturated heterocycles. The first kappa shape index (κ1) is 20.5. The number of rotatable bonds is 8. The molecule has 0 aliphatic carbocycles. The van der Waals surface area contributed by atoms with E-state index in [-0.39, 0.29) is 13.0 Å². The largest absolute Gasteiger partial charge is 0.496 e. The molecule has 1 aromatic heterocycles. The Morgan fingerprint density at radius 2 is 1.87 bits per heavy atom. The average Bonchev–Trinajstić information content (AvgIpc) is 3.19. The standard InChI is InChI=1S/C25H23NO5/c1-29-23-12-24-21(11-20(23)17-7-4-5-16(9-17)13-26)19(15-31-24)14-30-22-8-3-2-6-18(22)10-25(27)28/h2-9,11-12,15H,10,13-14,26H2,1H3,(H,27,28). The number of carboxylic acids is 1. The molecule has 0 unspecified atom stereocenters. The number of ether oxygens (including phenoxy) is 2. The first-order valence-corrected chi connectivity index (χ1v) is 9.89. The van der Waals surface area contributed by atoms with Crippen molar-refractivity contribution in [2.45, 2.75) is 19.6 Å². The Kier molecular flexibility index (Phi) is 5.91. The zero-order valence-corrected chi connectivity index (χ0v) is 17.1. The number of methoxy groups -OCH3 is 1. The fourth-order valence-electron chi connectivity index (χ4n) is 3.59. The lowest BCUT2D eigenvalue weighted by Gasteiger charge is -2.12. The van der Waals surface area contributed by atoms with Gasteiger partial charge >= 0.3 is 5.97 Å². The van der Waals surface area contributed by atoms with Crippen LogP contribution in [0.2, 0.25) is 0 Å². The molecule has 0 radical (unpaired) electrons. The molecule has 4 rings (SSSR count). The summed E-state index contributed by atoms with van der Waals surface area (Å²) in [6.07, 6.45) is 1.56. The summed E-state index contributed by atoms with van der Waals surface area (Å²) in [6.45, 7) is 0.706. The van der Waals surface area contributed by atoms with Crippen molar-refractivity contribution in [1.29, 1.82) is 0 Å². The lowest BCUT2D eigenvalue weighted by atomic mass is 9.99. The Hall–Kier alpha value is -3.77. The van der Waals surface area contributed by atoms with Crippen molar-refractivity contribution in [3.8, 4) is 22.6 Å². The molecule has 4 aromatic rings. The predicted molar refractivity (Wildman–Crippen MR) is 118 cm³/mol. The highest BCUT2D eigenvalue weighted by Crippen LogP contribution is 2.37. The van der Waals surface area contributed by atoms with Gasteiger partial charge in [0, 0.05) is 34.7 Å². The van der Waals surface area contributed by atoms with Crippen LogP contribution in [0.3, 0.4) is 0 Å². The number of furan rings is 1.